The highest BCUT2D eigenvalue weighted by Crippen LogP contribution is 2.12. The standard InChI is InChI=1S/C14H23N3O3/c1-14(2,3)20-13(18)17-9-8-15-10-11-6-5-7-16-12(11)19-4/h5-7,15H,8-10H2,1-4H3,(H,17,18). The van der Waals surface area contributed by atoms with Crippen LogP contribution >= 0.6 is 0 Å². The minimum Gasteiger partial charge on any atom is -0.481 e. The van der Waals surface area contributed by atoms with Crippen LogP contribution in [0.15, 0.2) is 18.3 Å². The summed E-state index contributed by atoms with van der Waals surface area (Å²) in [7, 11) is 1.59. The van der Waals surface area contributed by atoms with Gasteiger partial charge in [-0.05, 0) is 26.8 Å². The monoisotopic (exact) mass is 281 g/mol. The molecule has 0 saturated carbocycles. The van der Waals surface area contributed by atoms with Gasteiger partial charge in [0.05, 0.1) is 7.11 Å². The number of alkyl carbamates (subject to hydrolysis) is 1. The molecule has 6 nitrogen and oxygen atoms in total. The fourth-order valence-electron chi connectivity index (χ4n) is 1.53. The van der Waals surface area contributed by atoms with Gasteiger partial charge in [-0.2, -0.15) is 0 Å². The summed E-state index contributed by atoms with van der Waals surface area (Å²) in [6.07, 6.45) is 1.28. The van der Waals surface area contributed by atoms with Gasteiger partial charge in [0.1, 0.15) is 5.60 Å². The molecule has 0 radical (unpaired) electrons. The lowest BCUT2D eigenvalue weighted by atomic mass is 10.2. The molecule has 0 saturated heterocycles. The van der Waals surface area contributed by atoms with Crippen LogP contribution in [-0.4, -0.2) is 36.9 Å². The van der Waals surface area contributed by atoms with E-state index in [1.165, 1.54) is 0 Å². The van der Waals surface area contributed by atoms with Crippen molar-refractivity contribution in [1.82, 2.24) is 15.6 Å². The van der Waals surface area contributed by atoms with Crippen LogP contribution in [0, 0.1) is 0 Å². The van der Waals surface area contributed by atoms with Crippen molar-refractivity contribution in [3.8, 4) is 5.88 Å². The molecule has 1 aromatic heterocycles. The second-order valence-corrected chi connectivity index (χ2v) is 5.28. The molecule has 0 aliphatic heterocycles. The van der Waals surface area contributed by atoms with Gasteiger partial charge in [-0.25, -0.2) is 9.78 Å². The number of aromatic nitrogens is 1. The molecule has 20 heavy (non-hydrogen) atoms. The topological polar surface area (TPSA) is 72.5 Å². The Morgan fingerprint density at radius 2 is 2.10 bits per heavy atom. The van der Waals surface area contributed by atoms with Gasteiger partial charge in [0.15, 0.2) is 0 Å². The third-order valence-corrected chi connectivity index (χ3v) is 2.33. The van der Waals surface area contributed by atoms with E-state index in [9.17, 15) is 4.79 Å². The molecular weight excluding hydrogens is 258 g/mol. The lowest BCUT2D eigenvalue weighted by Crippen LogP contribution is -2.36. The minimum atomic E-state index is -0.472. The Hall–Kier alpha value is -1.82. The first-order valence-corrected chi connectivity index (χ1v) is 6.58. The second-order valence-electron chi connectivity index (χ2n) is 5.28. The summed E-state index contributed by atoms with van der Waals surface area (Å²) < 4.78 is 10.3. The fraction of sp³-hybridized carbons (Fsp3) is 0.571. The number of amides is 1. The molecule has 0 bridgehead atoms. The zero-order chi connectivity index (χ0) is 15.0. The highest BCUT2D eigenvalue weighted by Gasteiger charge is 2.15. The van der Waals surface area contributed by atoms with E-state index in [4.69, 9.17) is 9.47 Å². The molecule has 112 valence electrons. The third kappa shape index (κ3) is 6.38. The van der Waals surface area contributed by atoms with Crippen molar-refractivity contribution in [2.45, 2.75) is 32.9 Å². The molecule has 6 heteroatoms. The smallest absolute Gasteiger partial charge is 0.407 e. The molecule has 0 spiro atoms. The molecule has 0 aliphatic carbocycles. The summed E-state index contributed by atoms with van der Waals surface area (Å²) in [4.78, 5) is 15.5. The zero-order valence-corrected chi connectivity index (χ0v) is 12.5. The van der Waals surface area contributed by atoms with Gasteiger partial charge in [-0.3, -0.25) is 0 Å². The predicted molar refractivity (Wildman–Crippen MR) is 76.7 cm³/mol. The van der Waals surface area contributed by atoms with Crippen molar-refractivity contribution in [2.24, 2.45) is 0 Å². The second kappa shape index (κ2) is 7.69. The van der Waals surface area contributed by atoms with Crippen molar-refractivity contribution in [3.63, 3.8) is 0 Å². The van der Waals surface area contributed by atoms with E-state index in [0.29, 0.717) is 25.5 Å². The fourth-order valence-corrected chi connectivity index (χ4v) is 1.53. The molecule has 0 unspecified atom stereocenters. The Morgan fingerprint density at radius 1 is 1.35 bits per heavy atom. The minimum absolute atomic E-state index is 0.404. The Morgan fingerprint density at radius 3 is 2.75 bits per heavy atom. The van der Waals surface area contributed by atoms with E-state index < -0.39 is 11.7 Å². The van der Waals surface area contributed by atoms with Gasteiger partial charge in [0.2, 0.25) is 5.88 Å². The van der Waals surface area contributed by atoms with Gasteiger partial charge >= 0.3 is 6.09 Å². The first-order valence-electron chi connectivity index (χ1n) is 6.58. The molecule has 0 aromatic carbocycles. The molecule has 2 N–H and O–H groups in total. The van der Waals surface area contributed by atoms with E-state index in [1.807, 2.05) is 32.9 Å². The molecule has 1 heterocycles. The lowest BCUT2D eigenvalue weighted by Gasteiger charge is -2.19. The highest BCUT2D eigenvalue weighted by molar-refractivity contribution is 5.67. The summed E-state index contributed by atoms with van der Waals surface area (Å²) >= 11 is 0. The average Bonchev–Trinajstić information content (AvgIpc) is 2.36. The van der Waals surface area contributed by atoms with Crippen molar-refractivity contribution < 1.29 is 14.3 Å². The van der Waals surface area contributed by atoms with Gasteiger partial charge in [0.25, 0.3) is 0 Å². The van der Waals surface area contributed by atoms with Crippen molar-refractivity contribution in [3.05, 3.63) is 23.9 Å². The normalized spacial score (nSPS) is 11.0. The largest absolute Gasteiger partial charge is 0.481 e. The first kappa shape index (κ1) is 16.2. The van der Waals surface area contributed by atoms with Crippen LogP contribution in [0.4, 0.5) is 4.79 Å². The summed E-state index contributed by atoms with van der Waals surface area (Å²) in [6, 6.07) is 3.80. The van der Waals surface area contributed by atoms with Crippen LogP contribution in [-0.2, 0) is 11.3 Å². The van der Waals surface area contributed by atoms with Crippen LogP contribution in [0.2, 0.25) is 0 Å². The number of carbonyl (C=O) groups excluding carboxylic acids is 1. The van der Waals surface area contributed by atoms with Gasteiger partial charge in [-0.15, -0.1) is 0 Å². The maximum atomic E-state index is 11.4. The third-order valence-electron chi connectivity index (χ3n) is 2.33. The molecular formula is C14H23N3O3. The van der Waals surface area contributed by atoms with Crippen LogP contribution in [0.1, 0.15) is 26.3 Å². The summed E-state index contributed by atoms with van der Waals surface area (Å²) in [5.74, 6) is 0.611. The number of rotatable bonds is 6. The van der Waals surface area contributed by atoms with Crippen molar-refractivity contribution in [1.29, 1.82) is 0 Å². The van der Waals surface area contributed by atoms with E-state index >= 15 is 0 Å². The number of hydrogen-bond acceptors (Lipinski definition) is 5. The lowest BCUT2D eigenvalue weighted by molar-refractivity contribution is 0.0528. The average molecular weight is 281 g/mol. The quantitative estimate of drug-likeness (QED) is 0.777. The Balaban J connectivity index is 2.21. The van der Waals surface area contributed by atoms with Crippen LogP contribution < -0.4 is 15.4 Å². The highest BCUT2D eigenvalue weighted by atomic mass is 16.6. The molecule has 0 aliphatic rings. The van der Waals surface area contributed by atoms with E-state index in [2.05, 4.69) is 15.6 Å². The summed E-state index contributed by atoms with van der Waals surface area (Å²) in [5, 5.41) is 5.89. The number of nitrogens with zero attached hydrogens (tertiary/aromatic N) is 1. The number of pyridine rings is 1. The molecule has 1 rings (SSSR count). The molecule has 1 aromatic rings. The van der Waals surface area contributed by atoms with Crippen LogP contribution in [0.5, 0.6) is 5.88 Å². The Labute approximate surface area is 119 Å². The SMILES string of the molecule is COc1ncccc1CNCCNC(=O)OC(C)(C)C. The van der Waals surface area contributed by atoms with Gasteiger partial charge in [-0.1, -0.05) is 6.07 Å². The Kier molecular flexibility index (Phi) is 6.24. The predicted octanol–water partition coefficient (Wildman–Crippen LogP) is 1.70. The van der Waals surface area contributed by atoms with E-state index in [1.54, 1.807) is 13.3 Å². The molecule has 0 atom stereocenters. The maximum absolute atomic E-state index is 11.4. The number of nitrogens with one attached hydrogen (secondary N) is 2. The number of methoxy groups -OCH3 is 1. The van der Waals surface area contributed by atoms with E-state index in [0.717, 1.165) is 5.56 Å². The summed E-state index contributed by atoms with van der Waals surface area (Å²) in [6.45, 7) is 7.26. The van der Waals surface area contributed by atoms with Crippen molar-refractivity contribution >= 4 is 6.09 Å². The number of hydrogen-bond donors (Lipinski definition) is 2. The molecule has 1 amide bonds. The Bertz CT molecular complexity index is 430. The maximum Gasteiger partial charge on any atom is 0.407 e. The molecule has 0 fully saturated rings. The number of carbonyl (C=O) groups is 1. The van der Waals surface area contributed by atoms with Crippen LogP contribution in [0.25, 0.3) is 0 Å². The van der Waals surface area contributed by atoms with Crippen LogP contribution in [0.3, 0.4) is 0 Å². The zero-order valence-electron chi connectivity index (χ0n) is 12.5. The van der Waals surface area contributed by atoms with Gasteiger partial charge in [0, 0.05) is 31.4 Å². The van der Waals surface area contributed by atoms with Crippen molar-refractivity contribution in [2.75, 3.05) is 20.2 Å². The summed E-state index contributed by atoms with van der Waals surface area (Å²) in [5.41, 5.74) is 0.507. The first-order chi connectivity index (χ1) is 9.42. The van der Waals surface area contributed by atoms with Gasteiger partial charge < -0.3 is 20.1 Å². The van der Waals surface area contributed by atoms with E-state index in [-0.39, 0.29) is 0 Å². The number of ether oxygens (including phenoxy) is 2.